The fourth-order valence-corrected chi connectivity index (χ4v) is 1.73. The summed E-state index contributed by atoms with van der Waals surface area (Å²) in [7, 11) is 0. The molecule has 1 atom stereocenters. The number of nitrogens with one attached hydrogen (secondary N) is 1. The molecule has 0 radical (unpaired) electrons. The van der Waals surface area contributed by atoms with E-state index in [0.29, 0.717) is 5.25 Å². The van der Waals surface area contributed by atoms with Gasteiger partial charge < -0.3 is 5.32 Å². The van der Waals surface area contributed by atoms with Gasteiger partial charge in [0, 0.05) is 18.3 Å². The van der Waals surface area contributed by atoms with E-state index in [4.69, 9.17) is 0 Å². The lowest BCUT2D eigenvalue weighted by Gasteiger charge is -2.09. The Balaban J connectivity index is 2.35. The van der Waals surface area contributed by atoms with Crippen LogP contribution in [0.25, 0.3) is 6.08 Å². The molecular formula is C14H21NS. The Morgan fingerprint density at radius 3 is 2.69 bits per heavy atom. The third-order valence-corrected chi connectivity index (χ3v) is 3.42. The van der Waals surface area contributed by atoms with Crippen molar-refractivity contribution in [2.24, 2.45) is 0 Å². The maximum Gasteiger partial charge on any atom is 0.0165 e. The van der Waals surface area contributed by atoms with Gasteiger partial charge in [-0.15, -0.1) is 0 Å². The van der Waals surface area contributed by atoms with Crippen molar-refractivity contribution in [3.8, 4) is 0 Å². The van der Waals surface area contributed by atoms with Crippen LogP contribution in [0.4, 0.5) is 0 Å². The molecule has 0 amide bonds. The summed E-state index contributed by atoms with van der Waals surface area (Å²) < 4.78 is 0. The Labute approximate surface area is 103 Å². The third kappa shape index (κ3) is 5.38. The normalized spacial score (nSPS) is 13.8. The van der Waals surface area contributed by atoms with Crippen molar-refractivity contribution in [1.82, 2.24) is 5.32 Å². The number of rotatable bonds is 6. The average molecular weight is 235 g/mol. The second-order valence-electron chi connectivity index (χ2n) is 4.08. The van der Waals surface area contributed by atoms with Crippen LogP contribution in [0.2, 0.25) is 0 Å². The van der Waals surface area contributed by atoms with Crippen LogP contribution in [0, 0.1) is 0 Å². The van der Waals surface area contributed by atoms with Gasteiger partial charge in [-0.05, 0) is 18.7 Å². The van der Waals surface area contributed by atoms with Gasteiger partial charge in [0.1, 0.15) is 0 Å². The van der Waals surface area contributed by atoms with E-state index < -0.39 is 0 Å². The maximum atomic E-state index is 3.47. The van der Waals surface area contributed by atoms with Crippen molar-refractivity contribution >= 4 is 17.8 Å². The van der Waals surface area contributed by atoms with Crippen LogP contribution in [-0.2, 0) is 0 Å². The predicted octanol–water partition coefficient (Wildman–Crippen LogP) is 3.43. The molecule has 0 aromatic heterocycles. The Morgan fingerprint density at radius 2 is 2.06 bits per heavy atom. The van der Waals surface area contributed by atoms with Gasteiger partial charge in [-0.25, -0.2) is 0 Å². The van der Waals surface area contributed by atoms with E-state index in [2.05, 4.69) is 55.8 Å². The van der Waals surface area contributed by atoms with Crippen molar-refractivity contribution in [1.29, 1.82) is 0 Å². The lowest BCUT2D eigenvalue weighted by atomic mass is 10.1. The summed E-state index contributed by atoms with van der Waals surface area (Å²) in [6, 6.07) is 10.5. The highest BCUT2D eigenvalue weighted by Crippen LogP contribution is 2.06. The SMILES string of the molecule is CSC(C)CNC/C(C)=C/c1ccccc1. The molecule has 0 saturated heterocycles. The molecule has 0 heterocycles. The molecule has 1 aromatic rings. The first kappa shape index (κ1) is 13.3. The monoisotopic (exact) mass is 235 g/mol. The lowest BCUT2D eigenvalue weighted by Crippen LogP contribution is -2.24. The zero-order chi connectivity index (χ0) is 11.8. The molecule has 0 fully saturated rings. The van der Waals surface area contributed by atoms with Gasteiger partial charge in [0.15, 0.2) is 0 Å². The van der Waals surface area contributed by atoms with Crippen LogP contribution in [-0.4, -0.2) is 24.6 Å². The predicted molar refractivity (Wildman–Crippen MR) is 75.9 cm³/mol. The molecule has 0 saturated carbocycles. The topological polar surface area (TPSA) is 12.0 Å². The zero-order valence-electron chi connectivity index (χ0n) is 10.4. The Bertz CT molecular complexity index is 319. The van der Waals surface area contributed by atoms with E-state index in [0.717, 1.165) is 13.1 Å². The fraction of sp³-hybridized carbons (Fsp3) is 0.429. The van der Waals surface area contributed by atoms with Crippen molar-refractivity contribution < 1.29 is 0 Å². The average Bonchev–Trinajstić information content (AvgIpc) is 2.30. The van der Waals surface area contributed by atoms with Crippen LogP contribution >= 0.6 is 11.8 Å². The van der Waals surface area contributed by atoms with Crippen LogP contribution in [0.5, 0.6) is 0 Å². The summed E-state index contributed by atoms with van der Waals surface area (Å²) in [4.78, 5) is 0. The molecule has 1 N–H and O–H groups in total. The second-order valence-corrected chi connectivity index (χ2v) is 5.35. The standard InChI is InChI=1S/C14H21NS/c1-12(10-15-11-13(2)16-3)9-14-7-5-4-6-8-14/h4-9,13,15H,10-11H2,1-3H3/b12-9+. The van der Waals surface area contributed by atoms with E-state index in [-0.39, 0.29) is 0 Å². The zero-order valence-corrected chi connectivity index (χ0v) is 11.2. The van der Waals surface area contributed by atoms with Gasteiger partial charge in [-0.2, -0.15) is 11.8 Å². The largest absolute Gasteiger partial charge is 0.312 e. The van der Waals surface area contributed by atoms with Crippen molar-refractivity contribution in [3.63, 3.8) is 0 Å². The second kappa shape index (κ2) is 7.53. The highest BCUT2D eigenvalue weighted by Gasteiger charge is 1.97. The van der Waals surface area contributed by atoms with Crippen molar-refractivity contribution in [2.75, 3.05) is 19.3 Å². The van der Waals surface area contributed by atoms with Crippen LogP contribution < -0.4 is 5.32 Å². The van der Waals surface area contributed by atoms with Gasteiger partial charge in [-0.1, -0.05) is 48.9 Å². The van der Waals surface area contributed by atoms with E-state index in [1.165, 1.54) is 11.1 Å². The quantitative estimate of drug-likeness (QED) is 0.810. The fourth-order valence-electron chi connectivity index (χ4n) is 1.44. The van der Waals surface area contributed by atoms with Gasteiger partial charge >= 0.3 is 0 Å². The summed E-state index contributed by atoms with van der Waals surface area (Å²) in [6.45, 7) is 6.46. The van der Waals surface area contributed by atoms with Gasteiger partial charge in [0.25, 0.3) is 0 Å². The molecule has 0 aliphatic rings. The Hall–Kier alpha value is -0.730. The van der Waals surface area contributed by atoms with E-state index in [1.807, 2.05) is 17.8 Å². The highest BCUT2D eigenvalue weighted by atomic mass is 32.2. The van der Waals surface area contributed by atoms with E-state index in [9.17, 15) is 0 Å². The van der Waals surface area contributed by atoms with Crippen molar-refractivity contribution in [2.45, 2.75) is 19.1 Å². The molecule has 16 heavy (non-hydrogen) atoms. The van der Waals surface area contributed by atoms with Crippen molar-refractivity contribution in [3.05, 3.63) is 41.5 Å². The molecule has 0 aliphatic heterocycles. The molecule has 0 bridgehead atoms. The van der Waals surface area contributed by atoms with E-state index in [1.54, 1.807) is 0 Å². The molecule has 0 aliphatic carbocycles. The van der Waals surface area contributed by atoms with Crippen LogP contribution in [0.15, 0.2) is 35.9 Å². The Morgan fingerprint density at radius 1 is 1.38 bits per heavy atom. The molecule has 2 heteroatoms. The molecule has 1 unspecified atom stereocenters. The summed E-state index contributed by atoms with van der Waals surface area (Å²) in [6.07, 6.45) is 4.38. The minimum absolute atomic E-state index is 0.685. The first-order valence-corrected chi connectivity index (χ1v) is 6.97. The summed E-state index contributed by atoms with van der Waals surface area (Å²) >= 11 is 1.90. The van der Waals surface area contributed by atoms with Gasteiger partial charge in [0.05, 0.1) is 0 Å². The first-order valence-electron chi connectivity index (χ1n) is 5.68. The van der Waals surface area contributed by atoms with E-state index >= 15 is 0 Å². The number of hydrogen-bond acceptors (Lipinski definition) is 2. The highest BCUT2D eigenvalue weighted by molar-refractivity contribution is 7.99. The summed E-state index contributed by atoms with van der Waals surface area (Å²) in [5, 5.41) is 4.15. The summed E-state index contributed by atoms with van der Waals surface area (Å²) in [5.74, 6) is 0. The summed E-state index contributed by atoms with van der Waals surface area (Å²) in [5.41, 5.74) is 2.65. The van der Waals surface area contributed by atoms with Gasteiger partial charge in [-0.3, -0.25) is 0 Å². The number of hydrogen-bond donors (Lipinski definition) is 1. The number of thioether (sulfide) groups is 1. The number of benzene rings is 1. The molecule has 1 aromatic carbocycles. The molecule has 88 valence electrons. The minimum Gasteiger partial charge on any atom is -0.312 e. The maximum absolute atomic E-state index is 3.47. The smallest absolute Gasteiger partial charge is 0.0165 e. The molecule has 1 nitrogen and oxygen atoms in total. The Kier molecular flexibility index (Phi) is 6.27. The molecule has 0 spiro atoms. The lowest BCUT2D eigenvalue weighted by molar-refractivity contribution is 0.726. The first-order chi connectivity index (χ1) is 7.72. The third-order valence-electron chi connectivity index (χ3n) is 2.45. The molecule has 1 rings (SSSR count). The minimum atomic E-state index is 0.685. The molecular weight excluding hydrogens is 214 g/mol. The van der Waals surface area contributed by atoms with Gasteiger partial charge in [0.2, 0.25) is 0 Å². The van der Waals surface area contributed by atoms with Crippen LogP contribution in [0.1, 0.15) is 19.4 Å². The van der Waals surface area contributed by atoms with Crippen LogP contribution in [0.3, 0.4) is 0 Å².